The second-order valence-corrected chi connectivity index (χ2v) is 5.07. The molecule has 0 amide bonds. The van der Waals surface area contributed by atoms with Crippen LogP contribution in [-0.2, 0) is 10.0 Å². The third kappa shape index (κ3) is 2.60. The summed E-state index contributed by atoms with van der Waals surface area (Å²) in [7, 11) is -3.23. The van der Waals surface area contributed by atoms with Crippen LogP contribution in [0.1, 0.15) is 0 Å². The first-order chi connectivity index (χ1) is 7.54. The zero-order chi connectivity index (χ0) is 11.6. The average Bonchev–Trinajstić information content (AvgIpc) is 2.69. The minimum absolute atomic E-state index is 0.519. The van der Waals surface area contributed by atoms with E-state index in [2.05, 4.69) is 9.71 Å². The standard InChI is InChI=1S/C10H10N2O3S/c1-16(13,14)12-9-4-2-8(3-5-9)10-6-11-7-15-10/h2-7,12H,1H3. The van der Waals surface area contributed by atoms with Gasteiger partial charge in [-0.25, -0.2) is 13.4 Å². The molecule has 0 fully saturated rings. The van der Waals surface area contributed by atoms with E-state index in [1.54, 1.807) is 30.5 Å². The van der Waals surface area contributed by atoms with Crippen LogP contribution in [0, 0.1) is 0 Å². The lowest BCUT2D eigenvalue weighted by molar-refractivity contribution is 0.572. The van der Waals surface area contributed by atoms with Crippen molar-refractivity contribution in [2.45, 2.75) is 0 Å². The van der Waals surface area contributed by atoms with Crippen molar-refractivity contribution in [1.82, 2.24) is 4.98 Å². The van der Waals surface area contributed by atoms with Crippen molar-refractivity contribution >= 4 is 15.7 Å². The van der Waals surface area contributed by atoms with Crippen LogP contribution in [0.5, 0.6) is 0 Å². The molecule has 16 heavy (non-hydrogen) atoms. The molecule has 0 aliphatic carbocycles. The first-order valence-electron chi connectivity index (χ1n) is 4.51. The van der Waals surface area contributed by atoms with Gasteiger partial charge in [-0.2, -0.15) is 0 Å². The molecule has 5 nitrogen and oxygen atoms in total. The Kier molecular flexibility index (Phi) is 2.66. The van der Waals surface area contributed by atoms with Gasteiger partial charge >= 0.3 is 0 Å². The number of hydrogen-bond acceptors (Lipinski definition) is 4. The molecular formula is C10H10N2O3S. The largest absolute Gasteiger partial charge is 0.444 e. The lowest BCUT2D eigenvalue weighted by Gasteiger charge is -2.03. The van der Waals surface area contributed by atoms with Crippen LogP contribution < -0.4 is 4.72 Å². The van der Waals surface area contributed by atoms with Crippen molar-refractivity contribution in [2.24, 2.45) is 0 Å². The summed E-state index contributed by atoms with van der Waals surface area (Å²) in [6.45, 7) is 0. The monoisotopic (exact) mass is 238 g/mol. The normalized spacial score (nSPS) is 11.3. The summed E-state index contributed by atoms with van der Waals surface area (Å²) in [6.07, 6.45) is 4.05. The van der Waals surface area contributed by atoms with Crippen molar-refractivity contribution in [2.75, 3.05) is 11.0 Å². The van der Waals surface area contributed by atoms with E-state index in [4.69, 9.17) is 4.42 Å². The Labute approximate surface area is 93.2 Å². The van der Waals surface area contributed by atoms with Gasteiger partial charge in [0.2, 0.25) is 10.0 Å². The summed E-state index contributed by atoms with van der Waals surface area (Å²) in [5.74, 6) is 0.644. The minimum atomic E-state index is -3.23. The molecule has 0 aliphatic rings. The van der Waals surface area contributed by atoms with Gasteiger partial charge in [0.15, 0.2) is 12.2 Å². The van der Waals surface area contributed by atoms with Gasteiger partial charge in [0.1, 0.15) is 0 Å². The zero-order valence-corrected chi connectivity index (χ0v) is 9.36. The molecule has 1 aromatic heterocycles. The first kappa shape index (κ1) is 10.7. The maximum atomic E-state index is 11.0. The Morgan fingerprint density at radius 1 is 1.25 bits per heavy atom. The summed E-state index contributed by atoms with van der Waals surface area (Å²) < 4.78 is 29.4. The highest BCUT2D eigenvalue weighted by Crippen LogP contribution is 2.20. The molecule has 0 spiro atoms. The van der Waals surface area contributed by atoms with E-state index in [1.807, 2.05) is 0 Å². The number of sulfonamides is 1. The van der Waals surface area contributed by atoms with Gasteiger partial charge < -0.3 is 4.42 Å². The van der Waals surface area contributed by atoms with Crippen LogP contribution in [0.4, 0.5) is 5.69 Å². The maximum absolute atomic E-state index is 11.0. The molecule has 0 atom stereocenters. The zero-order valence-electron chi connectivity index (χ0n) is 8.54. The van der Waals surface area contributed by atoms with E-state index in [9.17, 15) is 8.42 Å². The summed E-state index contributed by atoms with van der Waals surface area (Å²) in [5.41, 5.74) is 1.36. The fraction of sp³-hybridized carbons (Fsp3) is 0.100. The van der Waals surface area contributed by atoms with E-state index >= 15 is 0 Å². The van der Waals surface area contributed by atoms with Crippen LogP contribution in [0.25, 0.3) is 11.3 Å². The van der Waals surface area contributed by atoms with Gasteiger partial charge in [0.25, 0.3) is 0 Å². The van der Waals surface area contributed by atoms with E-state index in [0.29, 0.717) is 11.4 Å². The highest BCUT2D eigenvalue weighted by atomic mass is 32.2. The predicted octanol–water partition coefficient (Wildman–Crippen LogP) is 1.71. The number of oxazole rings is 1. The van der Waals surface area contributed by atoms with Crippen LogP contribution in [-0.4, -0.2) is 19.7 Å². The molecular weight excluding hydrogens is 228 g/mol. The van der Waals surface area contributed by atoms with Crippen molar-refractivity contribution in [1.29, 1.82) is 0 Å². The number of nitrogens with one attached hydrogen (secondary N) is 1. The van der Waals surface area contributed by atoms with Gasteiger partial charge in [-0.3, -0.25) is 4.72 Å². The number of hydrogen-bond donors (Lipinski definition) is 1. The van der Waals surface area contributed by atoms with Crippen molar-refractivity contribution in [3.8, 4) is 11.3 Å². The molecule has 6 heteroatoms. The van der Waals surface area contributed by atoms with Crippen LogP contribution in [0.15, 0.2) is 41.3 Å². The van der Waals surface area contributed by atoms with E-state index in [-0.39, 0.29) is 0 Å². The van der Waals surface area contributed by atoms with Gasteiger partial charge in [0.05, 0.1) is 12.5 Å². The first-order valence-corrected chi connectivity index (χ1v) is 6.40. The SMILES string of the molecule is CS(=O)(=O)Nc1ccc(-c2cnco2)cc1. The number of nitrogens with zero attached hydrogens (tertiary/aromatic N) is 1. The number of rotatable bonds is 3. The van der Waals surface area contributed by atoms with Crippen LogP contribution >= 0.6 is 0 Å². The molecule has 0 aliphatic heterocycles. The van der Waals surface area contributed by atoms with E-state index < -0.39 is 10.0 Å². The van der Waals surface area contributed by atoms with Crippen LogP contribution in [0.3, 0.4) is 0 Å². The van der Waals surface area contributed by atoms with Gasteiger partial charge in [0, 0.05) is 11.3 Å². The Bertz CT molecular complexity index is 559. The highest BCUT2D eigenvalue weighted by molar-refractivity contribution is 7.92. The van der Waals surface area contributed by atoms with E-state index in [1.165, 1.54) is 6.39 Å². The lowest BCUT2D eigenvalue weighted by Crippen LogP contribution is -2.09. The molecule has 0 radical (unpaired) electrons. The fourth-order valence-electron chi connectivity index (χ4n) is 1.27. The van der Waals surface area contributed by atoms with Crippen molar-refractivity contribution < 1.29 is 12.8 Å². The average molecular weight is 238 g/mol. The lowest BCUT2D eigenvalue weighted by atomic mass is 10.2. The molecule has 1 heterocycles. The molecule has 2 rings (SSSR count). The van der Waals surface area contributed by atoms with Crippen molar-refractivity contribution in [3.05, 3.63) is 36.9 Å². The molecule has 0 saturated heterocycles. The minimum Gasteiger partial charge on any atom is -0.444 e. The molecule has 0 saturated carbocycles. The van der Waals surface area contributed by atoms with Crippen LogP contribution in [0.2, 0.25) is 0 Å². The number of anilines is 1. The van der Waals surface area contributed by atoms with Gasteiger partial charge in [-0.05, 0) is 24.3 Å². The number of aromatic nitrogens is 1. The second-order valence-electron chi connectivity index (χ2n) is 3.32. The third-order valence-electron chi connectivity index (χ3n) is 1.90. The molecule has 0 unspecified atom stereocenters. The van der Waals surface area contributed by atoms with E-state index in [0.717, 1.165) is 11.8 Å². The molecule has 0 bridgehead atoms. The smallest absolute Gasteiger partial charge is 0.229 e. The Hall–Kier alpha value is -1.82. The highest BCUT2D eigenvalue weighted by Gasteiger charge is 2.03. The second kappa shape index (κ2) is 3.97. The quantitative estimate of drug-likeness (QED) is 0.883. The summed E-state index contributed by atoms with van der Waals surface area (Å²) in [5, 5.41) is 0. The summed E-state index contributed by atoms with van der Waals surface area (Å²) in [6, 6.07) is 6.85. The Balaban J connectivity index is 2.24. The molecule has 1 aromatic carbocycles. The van der Waals surface area contributed by atoms with Crippen molar-refractivity contribution in [3.63, 3.8) is 0 Å². The van der Waals surface area contributed by atoms with Gasteiger partial charge in [-0.1, -0.05) is 0 Å². The third-order valence-corrected chi connectivity index (χ3v) is 2.51. The Morgan fingerprint density at radius 2 is 1.94 bits per heavy atom. The summed E-state index contributed by atoms with van der Waals surface area (Å²) >= 11 is 0. The molecule has 1 N–H and O–H groups in total. The summed E-state index contributed by atoms with van der Waals surface area (Å²) in [4.78, 5) is 3.80. The molecule has 2 aromatic rings. The fourth-order valence-corrected chi connectivity index (χ4v) is 1.84. The maximum Gasteiger partial charge on any atom is 0.229 e. The predicted molar refractivity (Wildman–Crippen MR) is 60.4 cm³/mol. The Morgan fingerprint density at radius 3 is 2.44 bits per heavy atom. The number of benzene rings is 1. The topological polar surface area (TPSA) is 72.2 Å². The van der Waals surface area contributed by atoms with Gasteiger partial charge in [-0.15, -0.1) is 0 Å². The molecule has 84 valence electrons.